The molecular formula is C14H27N3OS. The van der Waals surface area contributed by atoms with Crippen molar-refractivity contribution in [3.8, 4) is 5.88 Å². The highest BCUT2D eigenvalue weighted by molar-refractivity contribution is 7.15. The third kappa shape index (κ3) is 4.66. The quantitative estimate of drug-likeness (QED) is 0.872. The zero-order chi connectivity index (χ0) is 14.6. The van der Waals surface area contributed by atoms with Gasteiger partial charge in [0.25, 0.3) is 0 Å². The maximum absolute atomic E-state index is 5.33. The van der Waals surface area contributed by atoms with Crippen molar-refractivity contribution in [1.29, 1.82) is 0 Å². The molecular weight excluding hydrogens is 258 g/mol. The molecule has 1 atom stereocenters. The van der Waals surface area contributed by atoms with E-state index < -0.39 is 0 Å². The molecule has 0 aliphatic heterocycles. The van der Waals surface area contributed by atoms with Gasteiger partial charge in [0.05, 0.1) is 12.0 Å². The van der Waals surface area contributed by atoms with Crippen LogP contribution in [0, 0.1) is 11.3 Å². The predicted molar refractivity (Wildman–Crippen MR) is 83.3 cm³/mol. The highest BCUT2D eigenvalue weighted by Crippen LogP contribution is 2.30. The van der Waals surface area contributed by atoms with Gasteiger partial charge in [-0.05, 0) is 17.9 Å². The van der Waals surface area contributed by atoms with Gasteiger partial charge in [-0.2, -0.15) is 4.98 Å². The van der Waals surface area contributed by atoms with Crippen LogP contribution in [0.15, 0.2) is 0 Å². The van der Waals surface area contributed by atoms with E-state index >= 15 is 0 Å². The molecule has 0 saturated carbocycles. The maximum Gasteiger partial charge on any atom is 0.230 e. The number of aromatic nitrogens is 1. The highest BCUT2D eigenvalue weighted by Gasteiger charge is 2.20. The summed E-state index contributed by atoms with van der Waals surface area (Å²) in [4.78, 5) is 7.62. The van der Waals surface area contributed by atoms with Crippen molar-refractivity contribution >= 4 is 16.5 Å². The first kappa shape index (κ1) is 16.2. The summed E-state index contributed by atoms with van der Waals surface area (Å²) in [6.45, 7) is 10.9. The fourth-order valence-corrected chi connectivity index (χ4v) is 2.42. The molecule has 0 saturated heterocycles. The van der Waals surface area contributed by atoms with Crippen LogP contribution < -0.4 is 15.0 Å². The molecule has 0 aliphatic carbocycles. The Labute approximate surface area is 121 Å². The number of anilines is 1. The minimum atomic E-state index is 0.333. The van der Waals surface area contributed by atoms with Gasteiger partial charge in [-0.25, -0.2) is 0 Å². The summed E-state index contributed by atoms with van der Waals surface area (Å²) in [5.41, 5.74) is 0.333. The Balaban J connectivity index is 2.58. The maximum atomic E-state index is 5.33. The summed E-state index contributed by atoms with van der Waals surface area (Å²) in [5, 5.41) is 4.49. The number of rotatable bonds is 6. The van der Waals surface area contributed by atoms with Gasteiger partial charge in [0, 0.05) is 20.6 Å². The van der Waals surface area contributed by atoms with E-state index in [9.17, 15) is 0 Å². The molecule has 1 heterocycles. The van der Waals surface area contributed by atoms with Gasteiger partial charge in [-0.3, -0.25) is 0 Å². The Kier molecular flexibility index (Phi) is 5.62. The zero-order valence-corrected chi connectivity index (χ0v) is 14.0. The monoisotopic (exact) mass is 285 g/mol. The lowest BCUT2D eigenvalue weighted by Gasteiger charge is -2.27. The van der Waals surface area contributed by atoms with Crippen LogP contribution in [0.3, 0.4) is 0 Å². The van der Waals surface area contributed by atoms with Crippen molar-refractivity contribution in [2.75, 3.05) is 32.6 Å². The van der Waals surface area contributed by atoms with Gasteiger partial charge < -0.3 is 15.0 Å². The van der Waals surface area contributed by atoms with Crippen LogP contribution in [0.4, 0.5) is 5.13 Å². The minimum Gasteiger partial charge on any atom is -0.480 e. The Morgan fingerprint density at radius 2 is 2.00 bits per heavy atom. The fraction of sp³-hybridized carbons (Fsp3) is 0.786. The van der Waals surface area contributed by atoms with Gasteiger partial charge in [0.1, 0.15) is 0 Å². The van der Waals surface area contributed by atoms with Crippen LogP contribution in [0.2, 0.25) is 0 Å². The van der Waals surface area contributed by atoms with E-state index in [1.165, 1.54) is 0 Å². The lowest BCUT2D eigenvalue weighted by atomic mass is 9.82. The standard InChI is InChI=1S/C14H27N3OS/c1-10(14(2,3)4)8-15-9-11-12(18-7)16-13(19-11)17(5)6/h10,15H,8-9H2,1-7H3. The number of nitrogens with one attached hydrogen (secondary N) is 1. The number of nitrogens with zero attached hydrogens (tertiary/aromatic N) is 2. The minimum absolute atomic E-state index is 0.333. The van der Waals surface area contributed by atoms with Gasteiger partial charge in [-0.15, -0.1) is 0 Å². The van der Waals surface area contributed by atoms with E-state index in [0.29, 0.717) is 11.3 Å². The van der Waals surface area contributed by atoms with Crippen molar-refractivity contribution in [3.05, 3.63) is 4.88 Å². The molecule has 1 rings (SSSR count). The molecule has 0 amide bonds. The molecule has 0 fully saturated rings. The van der Waals surface area contributed by atoms with Crippen LogP contribution in [0.1, 0.15) is 32.6 Å². The van der Waals surface area contributed by atoms with Crippen molar-refractivity contribution in [1.82, 2.24) is 10.3 Å². The van der Waals surface area contributed by atoms with Crippen LogP contribution in [0.5, 0.6) is 5.88 Å². The Bertz CT molecular complexity index is 396. The first-order chi connectivity index (χ1) is 8.75. The normalized spacial score (nSPS) is 13.4. The summed E-state index contributed by atoms with van der Waals surface area (Å²) in [7, 11) is 5.67. The van der Waals surface area contributed by atoms with Gasteiger partial charge >= 0.3 is 0 Å². The number of ether oxygens (including phenoxy) is 1. The highest BCUT2D eigenvalue weighted by atomic mass is 32.1. The number of hydrogen-bond donors (Lipinski definition) is 1. The van der Waals surface area contributed by atoms with Gasteiger partial charge in [0.15, 0.2) is 5.13 Å². The van der Waals surface area contributed by atoms with Crippen LogP contribution in [-0.2, 0) is 6.54 Å². The molecule has 0 bridgehead atoms. The molecule has 0 radical (unpaired) electrons. The number of hydrogen-bond acceptors (Lipinski definition) is 5. The number of thiazole rings is 1. The summed E-state index contributed by atoms with van der Waals surface area (Å²) >= 11 is 1.68. The van der Waals surface area contributed by atoms with Crippen molar-refractivity contribution in [3.63, 3.8) is 0 Å². The second-order valence-corrected chi connectivity index (χ2v) is 7.28. The van der Waals surface area contributed by atoms with E-state index in [0.717, 1.165) is 29.0 Å². The molecule has 0 aliphatic rings. The molecule has 0 spiro atoms. The SMILES string of the molecule is COc1nc(N(C)C)sc1CNCC(C)C(C)(C)C. The van der Waals surface area contributed by atoms with E-state index in [1.54, 1.807) is 18.4 Å². The largest absolute Gasteiger partial charge is 0.480 e. The third-order valence-electron chi connectivity index (χ3n) is 3.44. The smallest absolute Gasteiger partial charge is 0.230 e. The first-order valence-electron chi connectivity index (χ1n) is 6.67. The average Bonchev–Trinajstić information content (AvgIpc) is 2.71. The van der Waals surface area contributed by atoms with E-state index in [1.807, 2.05) is 19.0 Å². The lowest BCUT2D eigenvalue weighted by Crippen LogP contribution is -2.29. The lowest BCUT2D eigenvalue weighted by molar-refractivity contribution is 0.252. The summed E-state index contributed by atoms with van der Waals surface area (Å²) in [6, 6.07) is 0. The first-order valence-corrected chi connectivity index (χ1v) is 7.49. The fourth-order valence-electron chi connectivity index (χ4n) is 1.50. The van der Waals surface area contributed by atoms with Gasteiger partial charge in [0.2, 0.25) is 5.88 Å². The zero-order valence-electron chi connectivity index (χ0n) is 13.2. The van der Waals surface area contributed by atoms with Crippen molar-refractivity contribution in [2.24, 2.45) is 11.3 Å². The van der Waals surface area contributed by atoms with Crippen molar-refractivity contribution < 1.29 is 4.74 Å². The molecule has 110 valence electrons. The molecule has 1 aromatic rings. The van der Waals surface area contributed by atoms with Crippen LogP contribution >= 0.6 is 11.3 Å². The van der Waals surface area contributed by atoms with E-state index in [-0.39, 0.29) is 0 Å². The molecule has 4 nitrogen and oxygen atoms in total. The molecule has 1 aromatic heterocycles. The average molecular weight is 285 g/mol. The summed E-state index contributed by atoms with van der Waals surface area (Å²) in [5.74, 6) is 1.37. The topological polar surface area (TPSA) is 37.4 Å². The summed E-state index contributed by atoms with van der Waals surface area (Å²) < 4.78 is 5.33. The second kappa shape index (κ2) is 6.57. The van der Waals surface area contributed by atoms with E-state index in [2.05, 4.69) is 38.0 Å². The Morgan fingerprint density at radius 1 is 1.37 bits per heavy atom. The molecule has 19 heavy (non-hydrogen) atoms. The van der Waals surface area contributed by atoms with E-state index in [4.69, 9.17) is 4.74 Å². The number of methoxy groups -OCH3 is 1. The summed E-state index contributed by atoms with van der Waals surface area (Å²) in [6.07, 6.45) is 0. The van der Waals surface area contributed by atoms with Crippen LogP contribution in [-0.4, -0.2) is 32.7 Å². The van der Waals surface area contributed by atoms with Crippen molar-refractivity contribution in [2.45, 2.75) is 34.2 Å². The Morgan fingerprint density at radius 3 is 2.47 bits per heavy atom. The molecule has 0 aromatic carbocycles. The second-order valence-electron chi connectivity index (χ2n) is 6.22. The third-order valence-corrected chi connectivity index (χ3v) is 4.64. The molecule has 1 N–H and O–H groups in total. The van der Waals surface area contributed by atoms with Crippen LogP contribution in [0.25, 0.3) is 0 Å². The Hall–Kier alpha value is -0.810. The molecule has 1 unspecified atom stereocenters. The molecule has 5 heteroatoms. The van der Waals surface area contributed by atoms with Gasteiger partial charge in [-0.1, -0.05) is 39.0 Å². The predicted octanol–water partition coefficient (Wildman–Crippen LogP) is 2.99.